The fourth-order valence-electron chi connectivity index (χ4n) is 17.2. The maximum Gasteiger partial charge on any atom is 0.243 e. The molecule has 0 radical (unpaired) electrons. The van der Waals surface area contributed by atoms with Crippen LogP contribution in [0.4, 0.5) is 16.3 Å². The molecule has 0 saturated carbocycles. The molecule has 19 rings (SSSR count). The lowest BCUT2D eigenvalue weighted by Gasteiger charge is -2.38. The Hall–Kier alpha value is -9.20. The van der Waals surface area contributed by atoms with E-state index in [1.807, 2.05) is 101 Å². The van der Waals surface area contributed by atoms with Gasteiger partial charge in [-0.25, -0.2) is 60.1 Å². The highest BCUT2D eigenvalue weighted by atomic mass is 79.9. The predicted octanol–water partition coefficient (Wildman–Crippen LogP) is 16.2. The average molecular weight is 2080 g/mol. The van der Waals surface area contributed by atoms with Gasteiger partial charge >= 0.3 is 0 Å². The number of carbonyl (C=O) groups is 3. The van der Waals surface area contributed by atoms with Crippen molar-refractivity contribution >= 4 is 142 Å². The molecule has 4 saturated heterocycles. The van der Waals surface area contributed by atoms with Crippen LogP contribution >= 0.6 is 49.9 Å². The average Bonchev–Trinajstić information content (AvgIpc) is 1.65. The molecule has 1 atom stereocenters. The highest BCUT2D eigenvalue weighted by Crippen LogP contribution is 2.42. The number of alkyl halides is 2. The van der Waals surface area contributed by atoms with Gasteiger partial charge in [-0.05, 0) is 121 Å². The standard InChI is InChI=1S/C21H25N7OS.C16H20N2O2S2.C14H18BrNO3S.C14H19NO3S.C13H15N5O.C9H14N2S.C7H13NO.C4H8O.CH3F/c1-12-23-18-15(30-12)10-27(11-21(18,2)3)9-8-16-24-19-13-6-5-7-14(29-4)17(13)25-20(22)28(19)26-16;1-11-5-7-13(8-6-11)22(19,20)18-9-14-15(16(3,4)10-18)17-12(2)21-14;1-10-4-6-11(7-5-10)20(18,19)16-8-12(15)13(17)14(2,3)9-16;1-11-4-6-12(7-5-11)19(17,18)15-9-8-13(16)14(2,3)10-15;1-3-5-10-15-12-8-6-4-7-9(19-2)11(8)16-13(14)18(12)17-10;1-6-11-8-7(12-6)4-10-5-9(8,2)3;1-7(2)5-8-4-3-6(7)9;1-2-4-5-3-1;1-2/h5-7H,8-11H2,1-4H3,(H2,22,25);5-8H,9-10H2,1-4H3;4-7,12H,8-9H2,1-3H3;4-7H,8-10H2,1-3H3;4,6-7H,3,5H2,1-2H3,(H2,14,16);10H,4-5H2,1-3H3;8H,3-5H2,1-2H3;1-4H2;1H3/i;;;;;;;;1D. The normalized spacial score (nSPS) is 18.8. The van der Waals surface area contributed by atoms with Crippen molar-refractivity contribution in [2.24, 2.45) is 16.2 Å². The number of fused-ring (bicyclic) bond motifs is 9. The van der Waals surface area contributed by atoms with Gasteiger partial charge in [-0.2, -0.15) is 21.9 Å². The van der Waals surface area contributed by atoms with Crippen LogP contribution in [0.5, 0.6) is 11.5 Å². The molecule has 7 aliphatic heterocycles. The van der Waals surface area contributed by atoms with Gasteiger partial charge in [-0.3, -0.25) is 23.7 Å². The zero-order valence-electron chi connectivity index (χ0n) is 84.2. The lowest BCUT2D eigenvalue weighted by Crippen LogP contribution is -2.53. The quantitative estimate of drug-likeness (QED) is 0.0779. The maximum atomic E-state index is 12.9. The summed E-state index contributed by atoms with van der Waals surface area (Å²) in [6.07, 6.45) is 6.11. The lowest BCUT2D eigenvalue weighted by molar-refractivity contribution is -0.130. The van der Waals surface area contributed by atoms with E-state index < -0.39 is 52.9 Å². The van der Waals surface area contributed by atoms with E-state index >= 15 is 0 Å². The summed E-state index contributed by atoms with van der Waals surface area (Å²) in [5.74, 6) is 4.11. The number of piperidine rings is 3. The van der Waals surface area contributed by atoms with Crippen LogP contribution in [0.3, 0.4) is 0 Å². The van der Waals surface area contributed by atoms with E-state index in [9.17, 15) is 44.0 Å². The van der Waals surface area contributed by atoms with Crippen LogP contribution in [0.2, 0.25) is 0 Å². The third kappa shape index (κ3) is 26.0. The fraction of sp³-hybridized carbons (Fsp3) is 0.515. The molecule has 6 N–H and O–H groups in total. The summed E-state index contributed by atoms with van der Waals surface area (Å²) in [6, 6.07) is 32.1. The number of aryl methyl sites for hydroxylation is 7. The SMILES string of the molecule is C1CCOC1.CC1(C)CNCCC1=O.CCCc1nc2c3cccc(OC)c3nc(N)n2n1.COc1cccc2c1nc(N)n1nc(CCN3Cc4sc(C)nc4C(C)(C)C3)nc21.Cc1ccc(S(=O)(=O)N2CC(Br)C(=O)C(C)(C)C2)cc1.Cc1ccc(S(=O)(=O)N2CCC(=O)C(C)(C)C2)cc1.Cc1ccc(S(=O)(=O)N2Cc3sc(C)nc3C(C)(C)C2)cc1.Cc1nc2c(s1)CNCC2(C)C.[2H]CF. The summed E-state index contributed by atoms with van der Waals surface area (Å²) in [5, 5.41) is 20.7. The van der Waals surface area contributed by atoms with Crippen LogP contribution in [0, 0.1) is 57.8 Å². The van der Waals surface area contributed by atoms with Crippen molar-refractivity contribution in [3.63, 3.8) is 0 Å². The van der Waals surface area contributed by atoms with Crippen molar-refractivity contribution in [2.75, 3.05) is 112 Å². The van der Waals surface area contributed by atoms with Crippen LogP contribution in [-0.2, 0) is 97.9 Å². The molecular weight excluding hydrogens is 1940 g/mol. The second-order valence-corrected chi connectivity index (χ2v) is 50.1. The van der Waals surface area contributed by atoms with Crippen molar-refractivity contribution in [3.05, 3.63) is 184 Å². The molecule has 14 heterocycles. The highest BCUT2D eigenvalue weighted by molar-refractivity contribution is 9.10. The number of halogens is 2. The number of nitrogens with two attached hydrogens (primary N) is 2. The molecule has 7 aromatic heterocycles. The van der Waals surface area contributed by atoms with E-state index in [4.69, 9.17) is 37.0 Å². The Morgan fingerprint density at radius 1 is 0.507 bits per heavy atom. The molecule has 4 fully saturated rings. The molecule has 12 aromatic rings. The van der Waals surface area contributed by atoms with Crippen LogP contribution in [0.25, 0.3) is 33.1 Å². The fourth-order valence-corrected chi connectivity index (χ4v) is 26.6. The van der Waals surface area contributed by atoms with Gasteiger partial charge in [0.1, 0.15) is 34.1 Å². The zero-order chi connectivity index (χ0) is 102. The van der Waals surface area contributed by atoms with E-state index in [0.29, 0.717) is 75.2 Å². The Morgan fingerprint density at radius 3 is 1.34 bits per heavy atom. The van der Waals surface area contributed by atoms with Crippen molar-refractivity contribution in [1.82, 2.24) is 82.6 Å². The number of carbonyl (C=O) groups excluding carboxylic acids is 3. The molecule has 0 aliphatic carbocycles. The Labute approximate surface area is 833 Å². The number of thiazole rings is 3. The summed E-state index contributed by atoms with van der Waals surface area (Å²) in [6.45, 7) is 48.6. The summed E-state index contributed by atoms with van der Waals surface area (Å²) in [7, 11) is -8.28. The minimum Gasteiger partial charge on any atom is -0.494 e. The molecule has 0 spiro atoms. The van der Waals surface area contributed by atoms with Gasteiger partial charge in [0.25, 0.3) is 0 Å². The number of rotatable bonds is 13. The van der Waals surface area contributed by atoms with Crippen LogP contribution in [-0.4, -0.2) is 219 Å². The van der Waals surface area contributed by atoms with Crippen LogP contribution < -0.4 is 31.6 Å². The first-order valence-electron chi connectivity index (χ1n) is 46.9. The minimum atomic E-state index is -3.56. The van der Waals surface area contributed by atoms with Crippen LogP contribution in [0.1, 0.15) is 199 Å². The second-order valence-electron chi connectivity index (χ2n) is 39.3. The van der Waals surface area contributed by atoms with Gasteiger partial charge in [0.15, 0.2) is 28.7 Å². The third-order valence-electron chi connectivity index (χ3n) is 24.8. The molecule has 31 nitrogen and oxygen atoms in total. The number of sulfonamides is 3. The monoisotopic (exact) mass is 2070 g/mol. The lowest BCUT2D eigenvalue weighted by atomic mass is 9.84. The summed E-state index contributed by atoms with van der Waals surface area (Å²) in [5.41, 5.74) is 20.3. The first kappa shape index (κ1) is 108. The number of hydrogen-bond donors (Lipinski definition) is 4. The molecule has 1 unspecified atom stereocenters. The molecular formula is C99H135BrFN19O12S6. The van der Waals surface area contributed by atoms with Gasteiger partial charge in [-0.15, -0.1) is 44.2 Å². The second kappa shape index (κ2) is 45.4. The van der Waals surface area contributed by atoms with E-state index in [1.165, 1.54) is 47.6 Å². The summed E-state index contributed by atoms with van der Waals surface area (Å²) >= 11 is 8.51. The van der Waals surface area contributed by atoms with E-state index in [0.717, 1.165) is 144 Å². The largest absolute Gasteiger partial charge is 0.494 e. The van der Waals surface area contributed by atoms with Crippen molar-refractivity contribution in [2.45, 2.75) is 232 Å². The van der Waals surface area contributed by atoms with Gasteiger partial charge in [0.05, 0.1) is 80.9 Å². The number of ketones is 3. The van der Waals surface area contributed by atoms with E-state index in [1.54, 1.807) is 139 Å². The molecule has 0 amide bonds. The number of Topliss-reactive ketones (excluding diaryl/α,β-unsaturated/α-hetero) is 3. The van der Waals surface area contributed by atoms with Crippen molar-refractivity contribution < 1.29 is 59.6 Å². The molecule has 748 valence electrons. The number of aromatic nitrogens is 11. The number of methoxy groups -OCH3 is 2. The van der Waals surface area contributed by atoms with E-state index in [-0.39, 0.29) is 70.7 Å². The number of hydrogen-bond acceptors (Lipinski definition) is 29. The van der Waals surface area contributed by atoms with E-state index in [2.05, 4.69) is 129 Å². The maximum absolute atomic E-state index is 12.9. The van der Waals surface area contributed by atoms with Gasteiger partial charge < -0.3 is 36.3 Å². The zero-order valence-corrected chi connectivity index (χ0v) is 89.7. The molecule has 5 aromatic carbocycles. The summed E-state index contributed by atoms with van der Waals surface area (Å²) < 4.78 is 115. The van der Waals surface area contributed by atoms with Gasteiger partial charge in [0.2, 0.25) is 42.0 Å². The van der Waals surface area contributed by atoms with Gasteiger partial charge in [0, 0.05) is 175 Å². The van der Waals surface area contributed by atoms with Crippen molar-refractivity contribution in [1.29, 1.82) is 0 Å². The number of nitrogen functional groups attached to an aromatic ring is 2. The number of nitrogens with one attached hydrogen (secondary N) is 2. The minimum absolute atomic E-state index is 0.0474. The predicted molar refractivity (Wildman–Crippen MR) is 550 cm³/mol. The topological polar surface area (TPSA) is 395 Å². The van der Waals surface area contributed by atoms with Gasteiger partial charge in [-0.1, -0.05) is 171 Å². The Kier molecular flexibility index (Phi) is 35.4. The molecule has 39 heteroatoms. The first-order chi connectivity index (χ1) is 65.3. The Morgan fingerprint density at radius 2 is 0.920 bits per heavy atom. The Bertz CT molecular complexity index is 6680. The smallest absolute Gasteiger partial charge is 0.243 e. The summed E-state index contributed by atoms with van der Waals surface area (Å²) in [4.78, 5) is 73.8. The molecule has 138 heavy (non-hydrogen) atoms. The third-order valence-corrected chi connectivity index (χ3v) is 33.8. The number of benzene rings is 5. The first-order valence-corrected chi connectivity index (χ1v) is 53.9. The number of para-hydroxylation sites is 2. The molecule has 7 aliphatic rings. The number of ether oxygens (including phenoxy) is 3. The Balaban J connectivity index is 0.000000156. The molecule has 0 bridgehead atoms. The number of anilines is 2. The number of nitrogens with zero attached hydrogens (tertiary/aromatic N) is 15. The highest BCUT2D eigenvalue weighted by Gasteiger charge is 2.46. The van der Waals surface area contributed by atoms with Crippen LogP contribution in [0.15, 0.2) is 124 Å². The van der Waals surface area contributed by atoms with Crippen molar-refractivity contribution in [3.8, 4) is 11.5 Å².